The van der Waals surface area contributed by atoms with E-state index in [0.29, 0.717) is 43.3 Å². The number of anilines is 1. The molecule has 1 amide bonds. The third-order valence-electron chi connectivity index (χ3n) is 10.7. The third kappa shape index (κ3) is 3.03. The van der Waals surface area contributed by atoms with Gasteiger partial charge in [-0.1, -0.05) is 6.92 Å². The van der Waals surface area contributed by atoms with E-state index < -0.39 is 11.7 Å². The fourth-order valence-electron chi connectivity index (χ4n) is 8.85. The van der Waals surface area contributed by atoms with Crippen LogP contribution in [0.25, 0.3) is 0 Å². The van der Waals surface area contributed by atoms with Crippen LogP contribution in [0.2, 0.25) is 0 Å². The maximum Gasteiger partial charge on any atom is 0.416 e. The summed E-state index contributed by atoms with van der Waals surface area (Å²) < 4.78 is 45.6. The van der Waals surface area contributed by atoms with Gasteiger partial charge in [-0.3, -0.25) is 4.79 Å². The first-order valence-electron chi connectivity index (χ1n) is 13.2. The zero-order valence-corrected chi connectivity index (χ0v) is 20.1. The summed E-state index contributed by atoms with van der Waals surface area (Å²) in [5.74, 6) is 2.76. The number of amides is 1. The minimum atomic E-state index is -4.39. The lowest BCUT2D eigenvalue weighted by atomic mass is 9.74. The number of carbonyl (C=O) groups is 1. The number of carbonyl (C=O) groups excluding carboxylic acids is 1. The number of nitrogens with one attached hydrogen (secondary N) is 1. The Hall–Kier alpha value is -1.87. The molecule has 1 aromatic heterocycles. The maximum atomic E-state index is 13.8. The van der Waals surface area contributed by atoms with Gasteiger partial charge in [-0.05, 0) is 56.1 Å². The van der Waals surface area contributed by atoms with Crippen molar-refractivity contribution in [1.82, 2.24) is 15.2 Å². The second kappa shape index (κ2) is 7.34. The Balaban J connectivity index is 1.08. The van der Waals surface area contributed by atoms with Crippen LogP contribution in [0.1, 0.15) is 44.6 Å². The molecule has 3 saturated carbocycles. The molecule has 9 heteroatoms. The third-order valence-corrected chi connectivity index (χ3v) is 10.7. The SMILES string of the molecule is CC1C2CN(c3cc(C(F)(F)F)ccn3)CCN2C(=O)[C@]12CC[C@@H](NC13C4CCC1C3COC4)C2. The minimum Gasteiger partial charge on any atom is -0.381 e. The van der Waals surface area contributed by atoms with E-state index in [1.165, 1.54) is 19.0 Å². The largest absolute Gasteiger partial charge is 0.416 e. The van der Waals surface area contributed by atoms with Crippen LogP contribution in [0.3, 0.4) is 0 Å². The summed E-state index contributed by atoms with van der Waals surface area (Å²) in [6.45, 7) is 5.51. The molecule has 3 aliphatic carbocycles. The van der Waals surface area contributed by atoms with Crippen LogP contribution in [-0.4, -0.2) is 66.3 Å². The number of nitrogens with zero attached hydrogens (tertiary/aromatic N) is 3. The highest BCUT2D eigenvalue weighted by Crippen LogP contribution is 2.66. The first-order valence-corrected chi connectivity index (χ1v) is 13.2. The number of hydrogen-bond donors (Lipinski definition) is 1. The van der Waals surface area contributed by atoms with Crippen molar-refractivity contribution in [3.8, 4) is 0 Å². The predicted molar refractivity (Wildman–Crippen MR) is 123 cm³/mol. The molecule has 6 nitrogen and oxygen atoms in total. The van der Waals surface area contributed by atoms with Gasteiger partial charge in [0.05, 0.1) is 30.2 Å². The molecule has 1 aromatic rings. The van der Waals surface area contributed by atoms with Gasteiger partial charge >= 0.3 is 6.18 Å². The quantitative estimate of drug-likeness (QED) is 0.705. The average molecular weight is 491 g/mol. The summed E-state index contributed by atoms with van der Waals surface area (Å²) in [5.41, 5.74) is -0.787. The predicted octanol–water partition coefficient (Wildman–Crippen LogP) is 3.32. The molecule has 0 aromatic carbocycles. The van der Waals surface area contributed by atoms with Crippen molar-refractivity contribution in [2.45, 2.75) is 62.8 Å². The van der Waals surface area contributed by atoms with Crippen molar-refractivity contribution in [2.75, 3.05) is 37.7 Å². The Bertz CT molecular complexity index is 1040. The van der Waals surface area contributed by atoms with Crippen molar-refractivity contribution in [3.63, 3.8) is 0 Å². The van der Waals surface area contributed by atoms with Crippen LogP contribution >= 0.6 is 0 Å². The zero-order valence-electron chi connectivity index (χ0n) is 20.1. The van der Waals surface area contributed by atoms with E-state index in [9.17, 15) is 18.0 Å². The highest BCUT2D eigenvalue weighted by atomic mass is 19.4. The number of aromatic nitrogens is 1. The van der Waals surface area contributed by atoms with E-state index in [4.69, 9.17) is 4.74 Å². The topological polar surface area (TPSA) is 57.7 Å². The van der Waals surface area contributed by atoms with Crippen LogP contribution in [0.5, 0.6) is 0 Å². The summed E-state index contributed by atoms with van der Waals surface area (Å²) in [4.78, 5) is 22.0. The maximum absolute atomic E-state index is 13.8. The number of piperazine rings is 1. The fraction of sp³-hybridized carbons (Fsp3) is 0.769. The Labute approximate surface area is 203 Å². The molecular weight excluding hydrogens is 457 g/mol. The molecule has 0 bridgehead atoms. The van der Waals surface area contributed by atoms with Crippen LogP contribution < -0.4 is 10.2 Å². The highest BCUT2D eigenvalue weighted by molar-refractivity contribution is 5.87. The van der Waals surface area contributed by atoms with Gasteiger partial charge in [-0.25, -0.2) is 4.98 Å². The van der Waals surface area contributed by atoms with Crippen molar-refractivity contribution in [2.24, 2.45) is 29.1 Å². The lowest BCUT2D eigenvalue weighted by Gasteiger charge is -2.39. The molecule has 7 rings (SSSR count). The van der Waals surface area contributed by atoms with E-state index in [0.717, 1.165) is 50.5 Å². The normalized spacial score (nSPS) is 44.2. The van der Waals surface area contributed by atoms with E-state index in [-0.39, 0.29) is 28.8 Å². The lowest BCUT2D eigenvalue weighted by Crippen LogP contribution is -2.53. The monoisotopic (exact) mass is 490 g/mol. The fourth-order valence-corrected chi connectivity index (χ4v) is 8.85. The number of hydrogen-bond acceptors (Lipinski definition) is 5. The summed E-state index contributed by atoms with van der Waals surface area (Å²) in [6.07, 6.45) is 2.17. The first kappa shape index (κ1) is 22.3. The second-order valence-electron chi connectivity index (χ2n) is 11.9. The van der Waals surface area contributed by atoms with E-state index >= 15 is 0 Å². The summed E-state index contributed by atoms with van der Waals surface area (Å²) in [6, 6.07) is 2.51. The minimum absolute atomic E-state index is 0.0115. The number of fused-ring (bicyclic) bond motifs is 2. The Kier molecular flexibility index (Phi) is 4.68. The molecule has 35 heavy (non-hydrogen) atoms. The van der Waals surface area contributed by atoms with Gasteiger partial charge in [0.2, 0.25) is 5.91 Å². The molecule has 8 atom stereocenters. The Morgan fingerprint density at radius 3 is 2.83 bits per heavy atom. The highest BCUT2D eigenvalue weighted by Gasteiger charge is 2.73. The van der Waals surface area contributed by atoms with Crippen LogP contribution in [0.4, 0.5) is 19.0 Å². The van der Waals surface area contributed by atoms with Crippen molar-refractivity contribution >= 4 is 11.7 Å². The Morgan fingerprint density at radius 2 is 2.03 bits per heavy atom. The number of halogens is 3. The Morgan fingerprint density at radius 1 is 1.17 bits per heavy atom. The number of rotatable bonds is 3. The second-order valence-corrected chi connectivity index (χ2v) is 11.9. The van der Waals surface area contributed by atoms with Crippen molar-refractivity contribution < 1.29 is 22.7 Å². The molecule has 3 saturated heterocycles. The molecule has 1 N–H and O–H groups in total. The number of ether oxygens (including phenoxy) is 1. The summed E-state index contributed by atoms with van der Waals surface area (Å²) in [7, 11) is 0. The molecule has 190 valence electrons. The van der Waals surface area contributed by atoms with Crippen LogP contribution in [0, 0.1) is 29.1 Å². The van der Waals surface area contributed by atoms with Crippen LogP contribution in [0.15, 0.2) is 18.3 Å². The molecule has 6 unspecified atom stereocenters. The molecule has 0 radical (unpaired) electrons. The van der Waals surface area contributed by atoms with Crippen LogP contribution in [-0.2, 0) is 15.7 Å². The number of pyridine rings is 1. The first-order chi connectivity index (χ1) is 16.7. The van der Waals surface area contributed by atoms with Gasteiger partial charge in [0, 0.05) is 49.2 Å². The van der Waals surface area contributed by atoms with Gasteiger partial charge in [0.15, 0.2) is 0 Å². The summed E-state index contributed by atoms with van der Waals surface area (Å²) in [5, 5.41) is 4.08. The van der Waals surface area contributed by atoms with Gasteiger partial charge in [-0.15, -0.1) is 0 Å². The average Bonchev–Trinajstić information content (AvgIpc) is 3.09. The van der Waals surface area contributed by atoms with E-state index in [2.05, 4.69) is 17.2 Å². The molecule has 1 spiro atoms. The van der Waals surface area contributed by atoms with Gasteiger partial charge in [-0.2, -0.15) is 13.2 Å². The van der Waals surface area contributed by atoms with Crippen molar-refractivity contribution in [3.05, 3.63) is 23.9 Å². The molecule has 4 heterocycles. The van der Waals surface area contributed by atoms with Gasteiger partial charge in [0.1, 0.15) is 5.82 Å². The summed E-state index contributed by atoms with van der Waals surface area (Å²) >= 11 is 0. The van der Waals surface area contributed by atoms with E-state index in [1.807, 2.05) is 9.80 Å². The molecule has 3 aliphatic heterocycles. The number of alkyl halides is 3. The standard InChI is InChI=1S/C26H33F3N4O2/c1-15-21-12-32(22-10-16(5-7-30-22)26(27,28)29)8-9-33(21)23(34)24(15)6-4-18(11-24)31-25-17-2-3-19(25)20(25)14-35-13-17/h5,7,10,15,17-21,31H,2-4,6,8-9,11-14H2,1H3/t15?,17?,18-,19?,20?,21?,24+,25?/m1/s1. The van der Waals surface area contributed by atoms with Gasteiger partial charge < -0.3 is 19.9 Å². The zero-order chi connectivity index (χ0) is 24.2. The van der Waals surface area contributed by atoms with E-state index in [1.54, 1.807) is 0 Å². The van der Waals surface area contributed by atoms with Gasteiger partial charge in [0.25, 0.3) is 0 Å². The molecule has 6 fully saturated rings. The molecule has 6 aliphatic rings. The smallest absolute Gasteiger partial charge is 0.381 e. The molecular formula is C26H33F3N4O2. The lowest BCUT2D eigenvalue weighted by molar-refractivity contribution is -0.138. The van der Waals surface area contributed by atoms with Crippen molar-refractivity contribution in [1.29, 1.82) is 0 Å².